The first-order chi connectivity index (χ1) is 5.84. The molecule has 1 aromatic carbocycles. The molecule has 0 aliphatic rings. The Morgan fingerprint density at radius 3 is 2.00 bits per heavy atom. The van der Waals surface area contributed by atoms with Crippen LogP contribution in [-0.2, 0) is 1.68 Å². The van der Waals surface area contributed by atoms with E-state index in [4.69, 9.17) is 0 Å². The third kappa shape index (κ3) is 3.64. The van der Waals surface area contributed by atoms with Crippen molar-refractivity contribution in [2.75, 3.05) is 0 Å². The Hall–Kier alpha value is 2.80. The average molecular weight is 740 g/mol. The fourth-order valence-corrected chi connectivity index (χ4v) is 4.95. The first kappa shape index (κ1) is 13.9. The number of rotatable bonds is 1. The minimum absolute atomic E-state index is 0.749. The highest BCUT2D eigenvalue weighted by molar-refractivity contribution is 14.2. The van der Waals surface area contributed by atoms with Gasteiger partial charge in [0.2, 0.25) is 1.68 Å². The predicted octanol–water partition coefficient (Wildman–Crippen LogP) is 5.45. The van der Waals surface area contributed by atoms with Crippen LogP contribution in [0.25, 0.3) is 0 Å². The molecule has 0 unspecified atom stereocenters. The first-order valence-electron chi connectivity index (χ1n) is 3.04. The number of hydrogen-bond donors (Lipinski definition) is 0. The van der Waals surface area contributed by atoms with Crippen molar-refractivity contribution < 1.29 is 4.39 Å². The molecule has 0 saturated heterocycles. The monoisotopic (exact) mass is 740 g/mol. The maximum absolute atomic E-state index is 13.7. The lowest BCUT2D eigenvalue weighted by molar-refractivity contribution is 0.467. The average Bonchev–Trinajstić information content (AvgIpc) is 1.98. The molecule has 0 radical (unpaired) electrons. The van der Waals surface area contributed by atoms with Crippen LogP contribution in [-0.4, -0.2) is 0 Å². The van der Waals surface area contributed by atoms with Crippen molar-refractivity contribution >= 4 is 113 Å². The largest absolute Gasteiger partial charge is 0.236 e. The molecular weight excluding hydrogens is 738 g/mol. The SMILES string of the molecule is FC(I)(I)c1ccc(I)c(I)c1I. The van der Waals surface area contributed by atoms with Gasteiger partial charge in [-0.25, -0.2) is 4.39 Å². The molecule has 0 bridgehead atoms. The fraction of sp³-hybridized carbons (Fsp3) is 0.143. The van der Waals surface area contributed by atoms with Crippen molar-refractivity contribution in [2.24, 2.45) is 0 Å². The number of hydrogen-bond acceptors (Lipinski definition) is 0. The van der Waals surface area contributed by atoms with Crippen molar-refractivity contribution in [1.29, 1.82) is 0 Å². The predicted molar refractivity (Wildman–Crippen MR) is 95.4 cm³/mol. The molecule has 0 aromatic heterocycles. The van der Waals surface area contributed by atoms with E-state index in [1.807, 2.05) is 12.1 Å². The van der Waals surface area contributed by atoms with Crippen LogP contribution in [0.3, 0.4) is 0 Å². The fourth-order valence-electron chi connectivity index (χ4n) is 0.745. The van der Waals surface area contributed by atoms with E-state index in [1.54, 1.807) is 45.2 Å². The van der Waals surface area contributed by atoms with Crippen LogP contribution >= 0.6 is 113 Å². The van der Waals surface area contributed by atoms with Gasteiger partial charge in [0.25, 0.3) is 0 Å². The van der Waals surface area contributed by atoms with Gasteiger partial charge in [-0.05, 0) is 119 Å². The van der Waals surface area contributed by atoms with Crippen molar-refractivity contribution in [3.8, 4) is 0 Å². The zero-order chi connectivity index (χ0) is 10.2. The molecule has 0 aliphatic carbocycles. The van der Waals surface area contributed by atoms with E-state index in [9.17, 15) is 4.39 Å². The van der Waals surface area contributed by atoms with Gasteiger partial charge in [-0.2, -0.15) is 0 Å². The molecule has 72 valence electrons. The van der Waals surface area contributed by atoms with Gasteiger partial charge in [-0.15, -0.1) is 0 Å². The molecule has 0 atom stereocenters. The Balaban J connectivity index is 3.35. The molecule has 1 aromatic rings. The van der Waals surface area contributed by atoms with Crippen LogP contribution in [0, 0.1) is 10.7 Å². The van der Waals surface area contributed by atoms with Gasteiger partial charge >= 0.3 is 0 Å². The molecule has 0 heterocycles. The summed E-state index contributed by atoms with van der Waals surface area (Å²) in [5.41, 5.74) is 0.749. The van der Waals surface area contributed by atoms with E-state index in [-0.39, 0.29) is 0 Å². The van der Waals surface area contributed by atoms with Gasteiger partial charge in [0.15, 0.2) is 0 Å². The third-order valence-corrected chi connectivity index (χ3v) is 7.71. The normalized spacial score (nSPS) is 11.8. The molecular formula is C7H2FI5. The highest BCUT2D eigenvalue weighted by atomic mass is 127. The zero-order valence-electron chi connectivity index (χ0n) is 5.92. The molecule has 0 N–H and O–H groups in total. The van der Waals surface area contributed by atoms with Crippen molar-refractivity contribution in [3.63, 3.8) is 0 Å². The summed E-state index contributed by atoms with van der Waals surface area (Å²) in [6.07, 6.45) is 0. The Morgan fingerprint density at radius 2 is 1.54 bits per heavy atom. The lowest BCUT2D eigenvalue weighted by atomic mass is 10.2. The quantitative estimate of drug-likeness (QED) is 0.205. The number of halogens is 6. The van der Waals surface area contributed by atoms with E-state index in [0.717, 1.165) is 12.7 Å². The first-order valence-corrected chi connectivity index (χ1v) is 8.44. The molecule has 1 rings (SSSR count). The van der Waals surface area contributed by atoms with Crippen LogP contribution in [0.2, 0.25) is 0 Å². The second-order valence-electron chi connectivity index (χ2n) is 2.22. The van der Waals surface area contributed by atoms with Gasteiger partial charge in [-0.3, -0.25) is 0 Å². The molecule has 0 amide bonds. The maximum atomic E-state index is 13.7. The van der Waals surface area contributed by atoms with Crippen LogP contribution in [0.1, 0.15) is 5.56 Å². The molecule has 0 spiro atoms. The van der Waals surface area contributed by atoms with E-state index >= 15 is 0 Å². The number of alkyl halides is 3. The van der Waals surface area contributed by atoms with Crippen LogP contribution in [0.4, 0.5) is 4.39 Å². The summed E-state index contributed by atoms with van der Waals surface area (Å²) in [6.45, 7) is 0. The second kappa shape index (κ2) is 5.42. The summed E-state index contributed by atoms with van der Waals surface area (Å²) in [5, 5.41) is 0. The molecule has 0 aliphatic heterocycles. The lowest BCUT2D eigenvalue weighted by Crippen LogP contribution is -2.04. The Labute approximate surface area is 144 Å². The van der Waals surface area contributed by atoms with Crippen LogP contribution in [0.15, 0.2) is 12.1 Å². The van der Waals surface area contributed by atoms with E-state index < -0.39 is 1.68 Å². The van der Waals surface area contributed by atoms with Crippen molar-refractivity contribution in [3.05, 3.63) is 28.4 Å². The van der Waals surface area contributed by atoms with E-state index in [1.165, 1.54) is 3.57 Å². The molecule has 6 heteroatoms. The summed E-state index contributed by atoms with van der Waals surface area (Å²) in [5.74, 6) is 0. The number of benzene rings is 1. The highest BCUT2D eigenvalue weighted by Gasteiger charge is 2.27. The standard InChI is InChI=1S/C7H2FI5/c8-7(12,13)3-1-2-4(9)6(11)5(3)10/h1-2H. The lowest BCUT2D eigenvalue weighted by Gasteiger charge is -2.14. The summed E-state index contributed by atoms with van der Waals surface area (Å²) in [6, 6.07) is 3.80. The zero-order valence-corrected chi connectivity index (χ0v) is 16.7. The smallest absolute Gasteiger partial charge is 0.215 e. The third-order valence-electron chi connectivity index (χ3n) is 1.34. The van der Waals surface area contributed by atoms with Crippen LogP contribution < -0.4 is 0 Å². The van der Waals surface area contributed by atoms with E-state index in [0.29, 0.717) is 0 Å². The minimum Gasteiger partial charge on any atom is -0.215 e. The minimum atomic E-state index is -1.31. The topological polar surface area (TPSA) is 0 Å². The summed E-state index contributed by atoms with van der Waals surface area (Å²) < 4.78 is 15.7. The second-order valence-corrected chi connectivity index (χ2v) is 10.6. The summed E-state index contributed by atoms with van der Waals surface area (Å²) in [7, 11) is 0. The van der Waals surface area contributed by atoms with Gasteiger partial charge in [0.05, 0.1) is 0 Å². The van der Waals surface area contributed by atoms with Crippen molar-refractivity contribution in [2.45, 2.75) is 1.68 Å². The Bertz CT molecular complexity index is 330. The van der Waals surface area contributed by atoms with Gasteiger partial charge < -0.3 is 0 Å². The highest BCUT2D eigenvalue weighted by Crippen LogP contribution is 2.44. The van der Waals surface area contributed by atoms with Gasteiger partial charge in [0, 0.05) is 16.3 Å². The summed E-state index contributed by atoms with van der Waals surface area (Å²) in [4.78, 5) is 0. The van der Waals surface area contributed by atoms with Crippen LogP contribution in [0.5, 0.6) is 0 Å². The summed E-state index contributed by atoms with van der Waals surface area (Å²) >= 11 is 10.3. The van der Waals surface area contributed by atoms with Crippen molar-refractivity contribution in [1.82, 2.24) is 0 Å². The Morgan fingerprint density at radius 1 is 1.00 bits per heavy atom. The molecule has 13 heavy (non-hydrogen) atoms. The maximum Gasteiger partial charge on any atom is 0.236 e. The molecule has 0 fully saturated rings. The molecule has 0 nitrogen and oxygen atoms in total. The molecule has 0 saturated carbocycles. The Kier molecular flexibility index (Phi) is 5.78. The van der Waals surface area contributed by atoms with Gasteiger partial charge in [-0.1, -0.05) is 6.07 Å². The van der Waals surface area contributed by atoms with Gasteiger partial charge in [0.1, 0.15) is 0 Å². The van der Waals surface area contributed by atoms with E-state index in [2.05, 4.69) is 67.8 Å².